The molecule has 0 aliphatic rings. The average Bonchev–Trinajstić information content (AvgIpc) is 2.28. The molecule has 0 aromatic heterocycles. The monoisotopic (exact) mass is 280 g/mol. The van der Waals surface area contributed by atoms with Gasteiger partial charge in [-0.05, 0) is 30.7 Å². The molecular formula is C13H17BrN2. The Labute approximate surface area is 106 Å². The van der Waals surface area contributed by atoms with Gasteiger partial charge in [-0.15, -0.1) is 0 Å². The zero-order valence-electron chi connectivity index (χ0n) is 9.78. The van der Waals surface area contributed by atoms with Gasteiger partial charge in [0.2, 0.25) is 0 Å². The van der Waals surface area contributed by atoms with Gasteiger partial charge in [0.1, 0.15) is 0 Å². The van der Waals surface area contributed by atoms with Crippen LogP contribution in [0.3, 0.4) is 0 Å². The molecule has 0 saturated heterocycles. The molecular weight excluding hydrogens is 264 g/mol. The van der Waals surface area contributed by atoms with Crippen LogP contribution in [0.4, 0.5) is 0 Å². The molecule has 0 aliphatic carbocycles. The summed E-state index contributed by atoms with van der Waals surface area (Å²) >= 11 is 3.48. The molecule has 0 amide bonds. The first-order valence-corrected chi connectivity index (χ1v) is 6.51. The van der Waals surface area contributed by atoms with Gasteiger partial charge in [0.05, 0.1) is 11.6 Å². The third-order valence-corrected chi connectivity index (χ3v) is 3.50. The van der Waals surface area contributed by atoms with Crippen LogP contribution in [0.25, 0.3) is 0 Å². The molecule has 0 N–H and O–H groups in total. The maximum atomic E-state index is 8.81. The third-order valence-electron chi connectivity index (χ3n) is 2.40. The number of benzene rings is 1. The Hall–Kier alpha value is -0.850. The number of hydrogen-bond donors (Lipinski definition) is 0. The van der Waals surface area contributed by atoms with E-state index >= 15 is 0 Å². The Morgan fingerprint density at radius 2 is 2.25 bits per heavy atom. The average molecular weight is 281 g/mol. The summed E-state index contributed by atoms with van der Waals surface area (Å²) in [6.45, 7) is 4.17. The highest BCUT2D eigenvalue weighted by Gasteiger charge is 2.05. The van der Waals surface area contributed by atoms with E-state index in [2.05, 4.69) is 46.9 Å². The van der Waals surface area contributed by atoms with Crippen molar-refractivity contribution in [3.63, 3.8) is 0 Å². The van der Waals surface area contributed by atoms with E-state index in [9.17, 15) is 0 Å². The molecule has 1 atom stereocenters. The Bertz CT molecular complexity index is 370. The van der Waals surface area contributed by atoms with Gasteiger partial charge in [0, 0.05) is 18.4 Å². The summed E-state index contributed by atoms with van der Waals surface area (Å²) in [4.78, 5) is 2.28. The van der Waals surface area contributed by atoms with Gasteiger partial charge in [0.25, 0.3) is 0 Å². The molecule has 1 aromatic rings. The second-order valence-electron chi connectivity index (χ2n) is 4.27. The molecule has 16 heavy (non-hydrogen) atoms. The fourth-order valence-corrected chi connectivity index (χ4v) is 1.90. The molecule has 3 heteroatoms. The van der Waals surface area contributed by atoms with E-state index in [0.29, 0.717) is 5.92 Å². The number of alkyl halides is 1. The normalized spacial score (nSPS) is 12.4. The summed E-state index contributed by atoms with van der Waals surface area (Å²) in [5, 5.41) is 9.83. The van der Waals surface area contributed by atoms with E-state index in [1.807, 2.05) is 18.2 Å². The van der Waals surface area contributed by atoms with Crippen LogP contribution in [0.5, 0.6) is 0 Å². The number of nitrogens with zero attached hydrogens (tertiary/aromatic N) is 2. The van der Waals surface area contributed by atoms with E-state index in [1.54, 1.807) is 0 Å². The molecule has 1 unspecified atom stereocenters. The van der Waals surface area contributed by atoms with Crippen LogP contribution in [0, 0.1) is 17.2 Å². The van der Waals surface area contributed by atoms with E-state index in [4.69, 9.17) is 5.26 Å². The molecule has 0 bridgehead atoms. The van der Waals surface area contributed by atoms with Gasteiger partial charge in [-0.25, -0.2) is 0 Å². The van der Waals surface area contributed by atoms with Crippen molar-refractivity contribution in [2.45, 2.75) is 13.5 Å². The van der Waals surface area contributed by atoms with E-state index < -0.39 is 0 Å². The molecule has 0 aliphatic heterocycles. The smallest absolute Gasteiger partial charge is 0.0991 e. The van der Waals surface area contributed by atoms with Crippen LogP contribution >= 0.6 is 15.9 Å². The highest BCUT2D eigenvalue weighted by Crippen LogP contribution is 2.09. The lowest BCUT2D eigenvalue weighted by Gasteiger charge is -2.20. The number of halogens is 1. The lowest BCUT2D eigenvalue weighted by atomic mass is 10.1. The Morgan fingerprint density at radius 1 is 1.50 bits per heavy atom. The van der Waals surface area contributed by atoms with Crippen LogP contribution in [-0.2, 0) is 6.54 Å². The van der Waals surface area contributed by atoms with Crippen molar-refractivity contribution in [3.8, 4) is 6.07 Å². The summed E-state index contributed by atoms with van der Waals surface area (Å²) in [7, 11) is 2.11. The third kappa shape index (κ3) is 4.34. The van der Waals surface area contributed by atoms with Crippen LogP contribution in [0.2, 0.25) is 0 Å². The summed E-state index contributed by atoms with van der Waals surface area (Å²) in [6.07, 6.45) is 0. The summed E-state index contributed by atoms with van der Waals surface area (Å²) < 4.78 is 0. The fraction of sp³-hybridized carbons (Fsp3) is 0.462. The standard InChI is InChI=1S/C13H17BrN2/c1-11(7-14)9-16(2)10-13-5-3-4-12(6-13)8-15/h3-6,11H,7,9-10H2,1-2H3. The van der Waals surface area contributed by atoms with Gasteiger partial charge in [-0.1, -0.05) is 35.0 Å². The lowest BCUT2D eigenvalue weighted by molar-refractivity contribution is 0.291. The fourth-order valence-electron chi connectivity index (χ4n) is 1.70. The summed E-state index contributed by atoms with van der Waals surface area (Å²) in [5.74, 6) is 0.643. The first kappa shape index (κ1) is 13.2. The van der Waals surface area contributed by atoms with E-state index in [-0.39, 0.29) is 0 Å². The van der Waals surface area contributed by atoms with Crippen LogP contribution < -0.4 is 0 Å². The van der Waals surface area contributed by atoms with Gasteiger partial charge in [-0.2, -0.15) is 5.26 Å². The van der Waals surface area contributed by atoms with Crippen LogP contribution in [-0.4, -0.2) is 23.8 Å². The van der Waals surface area contributed by atoms with Crippen molar-refractivity contribution in [1.82, 2.24) is 4.90 Å². The second kappa shape index (κ2) is 6.67. The molecule has 0 spiro atoms. The molecule has 0 heterocycles. The Morgan fingerprint density at radius 3 is 2.88 bits per heavy atom. The topological polar surface area (TPSA) is 27.0 Å². The minimum absolute atomic E-state index is 0.643. The zero-order valence-corrected chi connectivity index (χ0v) is 11.4. The van der Waals surface area contributed by atoms with E-state index in [0.717, 1.165) is 24.0 Å². The number of hydrogen-bond acceptors (Lipinski definition) is 2. The molecule has 86 valence electrons. The van der Waals surface area contributed by atoms with Crippen LogP contribution in [0.15, 0.2) is 24.3 Å². The maximum Gasteiger partial charge on any atom is 0.0991 e. The first-order valence-electron chi connectivity index (χ1n) is 5.39. The predicted molar refractivity (Wildman–Crippen MR) is 70.4 cm³/mol. The molecule has 0 radical (unpaired) electrons. The Kier molecular flexibility index (Phi) is 5.51. The number of nitriles is 1. The summed E-state index contributed by atoms with van der Waals surface area (Å²) in [5.41, 5.74) is 1.93. The highest BCUT2D eigenvalue weighted by molar-refractivity contribution is 9.09. The predicted octanol–water partition coefficient (Wildman–Crippen LogP) is 3.02. The largest absolute Gasteiger partial charge is 0.302 e. The van der Waals surface area contributed by atoms with Gasteiger partial charge < -0.3 is 4.90 Å². The van der Waals surface area contributed by atoms with Crippen molar-refractivity contribution < 1.29 is 0 Å². The highest BCUT2D eigenvalue weighted by atomic mass is 79.9. The number of rotatable bonds is 5. The van der Waals surface area contributed by atoms with Gasteiger partial charge in [-0.3, -0.25) is 0 Å². The lowest BCUT2D eigenvalue weighted by Crippen LogP contribution is -2.24. The quantitative estimate of drug-likeness (QED) is 0.776. The minimum Gasteiger partial charge on any atom is -0.302 e. The Balaban J connectivity index is 2.56. The second-order valence-corrected chi connectivity index (χ2v) is 4.92. The van der Waals surface area contributed by atoms with Crippen molar-refractivity contribution in [3.05, 3.63) is 35.4 Å². The van der Waals surface area contributed by atoms with Crippen molar-refractivity contribution >= 4 is 15.9 Å². The van der Waals surface area contributed by atoms with Gasteiger partial charge >= 0.3 is 0 Å². The minimum atomic E-state index is 0.643. The summed E-state index contributed by atoms with van der Waals surface area (Å²) in [6, 6.07) is 9.96. The first-order chi connectivity index (χ1) is 7.65. The van der Waals surface area contributed by atoms with E-state index in [1.165, 1.54) is 5.56 Å². The van der Waals surface area contributed by atoms with Gasteiger partial charge in [0.15, 0.2) is 0 Å². The SMILES string of the molecule is CC(CBr)CN(C)Cc1cccc(C#N)c1. The van der Waals surface area contributed by atoms with Crippen molar-refractivity contribution in [2.75, 3.05) is 18.9 Å². The molecule has 1 rings (SSSR count). The molecule has 1 aromatic carbocycles. The van der Waals surface area contributed by atoms with Crippen LogP contribution in [0.1, 0.15) is 18.1 Å². The molecule has 2 nitrogen and oxygen atoms in total. The van der Waals surface area contributed by atoms with Crippen molar-refractivity contribution in [1.29, 1.82) is 5.26 Å². The zero-order chi connectivity index (χ0) is 12.0. The molecule has 0 fully saturated rings. The maximum absolute atomic E-state index is 8.81. The molecule has 0 saturated carbocycles. The van der Waals surface area contributed by atoms with Crippen molar-refractivity contribution in [2.24, 2.45) is 5.92 Å².